The molecule has 11 heteroatoms. The molecule has 0 heterocycles. The summed E-state index contributed by atoms with van der Waals surface area (Å²) in [4.78, 5) is 1.61. The van der Waals surface area contributed by atoms with Crippen LogP contribution in [0.5, 0.6) is 0 Å². The minimum Gasteiger partial charge on any atom is -0.176 e. The number of rotatable bonds is 4. The SMILES string of the molecule is O=S(=O)(F)NNNS(=O)(=O)F. The van der Waals surface area contributed by atoms with Gasteiger partial charge in [-0.1, -0.05) is 7.77 Å². The van der Waals surface area contributed by atoms with Gasteiger partial charge in [-0.05, 0) is 0 Å². The Morgan fingerprint density at radius 1 is 0.818 bits per heavy atom. The molecule has 3 N–H and O–H groups in total. The highest BCUT2D eigenvalue weighted by Gasteiger charge is 2.08. The van der Waals surface area contributed by atoms with E-state index < -0.39 is 20.8 Å². The van der Waals surface area contributed by atoms with Gasteiger partial charge in [0.25, 0.3) is 0 Å². The zero-order chi connectivity index (χ0) is 9.12. The van der Waals surface area contributed by atoms with E-state index in [4.69, 9.17) is 0 Å². The third-order valence-electron chi connectivity index (χ3n) is 0.346. The standard InChI is InChI=1S/F2H3N3O4S2/c1-10(6,7)4-3-5-11(2,8)9/h3-5H. The Balaban J connectivity index is 3.79. The quantitative estimate of drug-likeness (QED) is 0.369. The number of hydrogen-bond donors (Lipinski definition) is 3. The second-order valence-corrected chi connectivity index (χ2v) is 3.36. The zero-order valence-corrected chi connectivity index (χ0v) is 6.34. The highest BCUT2D eigenvalue weighted by Crippen LogP contribution is 1.79. The summed E-state index contributed by atoms with van der Waals surface area (Å²) in [6, 6.07) is 0. The smallest absolute Gasteiger partial charge is 0.176 e. The van der Waals surface area contributed by atoms with Crippen molar-refractivity contribution in [2.24, 2.45) is 0 Å². The van der Waals surface area contributed by atoms with E-state index in [9.17, 15) is 24.6 Å². The Hall–Kier alpha value is -0.360. The molecule has 0 bridgehead atoms. The van der Waals surface area contributed by atoms with Crippen LogP contribution in [0.15, 0.2) is 0 Å². The molecule has 0 radical (unpaired) electrons. The molecule has 0 saturated carbocycles. The molecule has 7 nitrogen and oxygen atoms in total. The summed E-state index contributed by atoms with van der Waals surface area (Å²) in [5, 5.41) is 0. The van der Waals surface area contributed by atoms with Gasteiger partial charge >= 0.3 is 20.8 Å². The summed E-state index contributed by atoms with van der Waals surface area (Å²) in [5.74, 6) is 0. The van der Waals surface area contributed by atoms with Gasteiger partial charge in [0, 0.05) is 0 Å². The molecule has 0 fully saturated rings. The van der Waals surface area contributed by atoms with Crippen molar-refractivity contribution in [1.82, 2.24) is 15.2 Å². The highest BCUT2D eigenvalue weighted by molar-refractivity contribution is 7.85. The summed E-state index contributed by atoms with van der Waals surface area (Å²) in [6.07, 6.45) is 0. The molecule has 0 spiro atoms. The zero-order valence-electron chi connectivity index (χ0n) is 4.71. The van der Waals surface area contributed by atoms with Crippen LogP contribution in [0.25, 0.3) is 0 Å². The maximum Gasteiger partial charge on any atom is 0.386 e. The minimum atomic E-state index is -5.10. The van der Waals surface area contributed by atoms with Gasteiger partial charge in [-0.3, -0.25) is 0 Å². The first-order valence-corrected chi connectivity index (χ1v) is 4.65. The molecule has 68 valence electrons. The molecule has 0 amide bonds. The third kappa shape index (κ3) is 9.64. The first kappa shape index (κ1) is 10.6. The van der Waals surface area contributed by atoms with E-state index in [-0.39, 0.29) is 0 Å². The molecule has 11 heavy (non-hydrogen) atoms. The van der Waals surface area contributed by atoms with Crippen LogP contribution in [-0.2, 0) is 20.8 Å². The third-order valence-corrected chi connectivity index (χ3v) is 1.04. The van der Waals surface area contributed by atoms with Gasteiger partial charge < -0.3 is 0 Å². The lowest BCUT2D eigenvalue weighted by molar-refractivity contribution is 0.483. The summed E-state index contributed by atoms with van der Waals surface area (Å²) in [5.41, 5.74) is 1.04. The van der Waals surface area contributed by atoms with Gasteiger partial charge in [-0.25, -0.2) is 0 Å². The minimum absolute atomic E-state index is 0.804. The molecule has 0 aromatic carbocycles. The predicted octanol–water partition coefficient (Wildman–Crippen LogP) is -1.99. The van der Waals surface area contributed by atoms with Crippen molar-refractivity contribution in [2.75, 3.05) is 0 Å². The monoisotopic (exact) mass is 211 g/mol. The lowest BCUT2D eigenvalue weighted by Crippen LogP contribution is -2.46. The van der Waals surface area contributed by atoms with Crippen molar-refractivity contribution in [3.05, 3.63) is 0 Å². The summed E-state index contributed by atoms with van der Waals surface area (Å²) < 4.78 is 60.9. The molecule has 0 saturated heterocycles. The maximum atomic E-state index is 11.4. The highest BCUT2D eigenvalue weighted by atomic mass is 32.3. The van der Waals surface area contributed by atoms with Crippen molar-refractivity contribution in [3.63, 3.8) is 0 Å². The van der Waals surface area contributed by atoms with Crippen LogP contribution >= 0.6 is 0 Å². The fourth-order valence-corrected chi connectivity index (χ4v) is 0.553. The normalized spacial score (nSPS) is 13.3. The van der Waals surface area contributed by atoms with Crippen molar-refractivity contribution in [3.8, 4) is 0 Å². The molecule has 0 atom stereocenters. The predicted molar refractivity (Wildman–Crippen MR) is 29.5 cm³/mol. The Labute approximate surface area is 61.4 Å². The number of halogens is 2. The second kappa shape index (κ2) is 3.36. The molecule has 0 aliphatic carbocycles. The van der Waals surface area contributed by atoms with E-state index in [0.29, 0.717) is 0 Å². The van der Waals surface area contributed by atoms with Gasteiger partial charge in [-0.15, -0.1) is 9.66 Å². The van der Waals surface area contributed by atoms with Crippen LogP contribution in [0.1, 0.15) is 0 Å². The van der Waals surface area contributed by atoms with Gasteiger partial charge in [-0.2, -0.15) is 22.4 Å². The molecule has 0 rings (SSSR count). The van der Waals surface area contributed by atoms with E-state index in [1.165, 1.54) is 0 Å². The lowest BCUT2D eigenvalue weighted by Gasteiger charge is -1.98. The van der Waals surface area contributed by atoms with Crippen molar-refractivity contribution >= 4 is 20.8 Å². The molecule has 0 aliphatic heterocycles. The van der Waals surface area contributed by atoms with E-state index in [1.54, 1.807) is 0 Å². The van der Waals surface area contributed by atoms with Crippen LogP contribution in [0, 0.1) is 0 Å². The molecule has 0 aromatic heterocycles. The Morgan fingerprint density at radius 3 is 1.27 bits per heavy atom. The fourth-order valence-electron chi connectivity index (χ4n) is 0.143. The molecular weight excluding hydrogens is 208 g/mol. The number of hydrogen-bond acceptors (Lipinski definition) is 5. The Morgan fingerprint density at radius 2 is 1.09 bits per heavy atom. The van der Waals surface area contributed by atoms with E-state index >= 15 is 0 Å². The van der Waals surface area contributed by atoms with Crippen molar-refractivity contribution in [1.29, 1.82) is 0 Å². The Bertz CT molecular complexity index is 270. The fraction of sp³-hybridized carbons (Fsp3) is 0. The molecule has 0 aliphatic rings. The molecule has 0 aromatic rings. The maximum absolute atomic E-state index is 11.4. The van der Waals surface area contributed by atoms with Crippen molar-refractivity contribution in [2.45, 2.75) is 0 Å². The first-order chi connectivity index (χ1) is 4.71. The summed E-state index contributed by atoms with van der Waals surface area (Å²) in [7, 11) is -10.2. The van der Waals surface area contributed by atoms with Crippen LogP contribution in [0.2, 0.25) is 0 Å². The molecular formula is H3F2N3O4S2. The van der Waals surface area contributed by atoms with Gasteiger partial charge in [0.05, 0.1) is 0 Å². The van der Waals surface area contributed by atoms with Crippen LogP contribution in [0.4, 0.5) is 7.77 Å². The average molecular weight is 211 g/mol. The largest absolute Gasteiger partial charge is 0.386 e. The van der Waals surface area contributed by atoms with Crippen LogP contribution < -0.4 is 15.2 Å². The van der Waals surface area contributed by atoms with Crippen LogP contribution in [-0.4, -0.2) is 16.8 Å². The van der Waals surface area contributed by atoms with Crippen LogP contribution in [0.3, 0.4) is 0 Å². The lowest BCUT2D eigenvalue weighted by atomic mass is 12.6. The summed E-state index contributed by atoms with van der Waals surface area (Å²) in [6.45, 7) is 0. The number of hydrazine groups is 2. The van der Waals surface area contributed by atoms with E-state index in [0.717, 1.165) is 15.2 Å². The van der Waals surface area contributed by atoms with Gasteiger partial charge in [0.1, 0.15) is 0 Å². The molecule has 0 unspecified atom stereocenters. The Kier molecular flexibility index (Phi) is 3.25. The number of nitrogens with one attached hydrogen (secondary N) is 3. The summed E-state index contributed by atoms with van der Waals surface area (Å²) >= 11 is 0. The van der Waals surface area contributed by atoms with E-state index in [2.05, 4.69) is 0 Å². The topological polar surface area (TPSA) is 104 Å². The average Bonchev–Trinajstić information content (AvgIpc) is 1.55. The van der Waals surface area contributed by atoms with E-state index in [1.807, 2.05) is 0 Å². The van der Waals surface area contributed by atoms with Gasteiger partial charge in [0.15, 0.2) is 0 Å². The van der Waals surface area contributed by atoms with Crippen molar-refractivity contribution < 1.29 is 24.6 Å². The second-order valence-electron chi connectivity index (χ2n) is 1.20. The van der Waals surface area contributed by atoms with Gasteiger partial charge in [0.2, 0.25) is 0 Å². The first-order valence-electron chi connectivity index (χ1n) is 1.88.